The smallest absolute Gasteiger partial charge is 0.488 e. The van der Waals surface area contributed by atoms with Gasteiger partial charge in [0.15, 0.2) is 5.75 Å². The Morgan fingerprint density at radius 1 is 1.21 bits per heavy atom. The molecule has 1 aromatic heterocycles. The molecule has 0 saturated carbocycles. The van der Waals surface area contributed by atoms with Gasteiger partial charge in [-0.2, -0.15) is 0 Å². The largest absolute Gasteiger partial charge is 0.573 e. The standard InChI is InChI=1S/C23H20F3N3O4/c1-14-4-3-11-27-21(14)29-16(12-30)13-32-20-18(5-2-6-19(20)29)22(31)28-15-7-9-17(10-8-15)33-23(24,25)26/h2-11,16,30H,12-13H2,1H3,(H,28,31)/t16-/m0/s1. The second kappa shape index (κ2) is 8.99. The van der Waals surface area contributed by atoms with Gasteiger partial charge in [0.1, 0.15) is 18.2 Å². The molecule has 0 radical (unpaired) electrons. The molecule has 7 nitrogen and oxygen atoms in total. The minimum Gasteiger partial charge on any atom is -0.488 e. The number of amides is 1. The van der Waals surface area contributed by atoms with Gasteiger partial charge in [0.05, 0.1) is 23.9 Å². The van der Waals surface area contributed by atoms with Crippen LogP contribution in [0.3, 0.4) is 0 Å². The van der Waals surface area contributed by atoms with Gasteiger partial charge in [0, 0.05) is 11.9 Å². The van der Waals surface area contributed by atoms with Gasteiger partial charge in [-0.15, -0.1) is 13.2 Å². The summed E-state index contributed by atoms with van der Waals surface area (Å²) in [5, 5.41) is 12.5. The van der Waals surface area contributed by atoms with E-state index in [0.29, 0.717) is 17.3 Å². The van der Waals surface area contributed by atoms with E-state index >= 15 is 0 Å². The second-order valence-electron chi connectivity index (χ2n) is 7.34. The van der Waals surface area contributed by atoms with Crippen LogP contribution in [0.1, 0.15) is 15.9 Å². The molecule has 0 bridgehead atoms. The lowest BCUT2D eigenvalue weighted by molar-refractivity contribution is -0.274. The minimum atomic E-state index is -4.80. The number of pyridine rings is 1. The zero-order valence-electron chi connectivity index (χ0n) is 17.5. The molecule has 33 heavy (non-hydrogen) atoms. The van der Waals surface area contributed by atoms with Crippen molar-refractivity contribution in [2.75, 3.05) is 23.4 Å². The minimum absolute atomic E-state index is 0.132. The number of benzene rings is 2. The Kier molecular flexibility index (Phi) is 6.10. The average molecular weight is 459 g/mol. The SMILES string of the molecule is Cc1cccnc1N1c2cccc(C(=O)Nc3ccc(OC(F)(F)F)cc3)c2OC[C@@H]1CO. The summed E-state index contributed by atoms with van der Waals surface area (Å²) in [5.41, 5.74) is 1.98. The van der Waals surface area contributed by atoms with Gasteiger partial charge in [0.2, 0.25) is 0 Å². The van der Waals surface area contributed by atoms with Crippen LogP contribution < -0.4 is 19.7 Å². The van der Waals surface area contributed by atoms with Crippen LogP contribution in [-0.2, 0) is 0 Å². The predicted molar refractivity (Wildman–Crippen MR) is 115 cm³/mol. The number of aliphatic hydroxyl groups excluding tert-OH is 1. The molecule has 2 heterocycles. The maximum absolute atomic E-state index is 13.0. The maximum Gasteiger partial charge on any atom is 0.573 e. The van der Waals surface area contributed by atoms with E-state index in [-0.39, 0.29) is 24.5 Å². The van der Waals surface area contributed by atoms with E-state index in [0.717, 1.165) is 17.7 Å². The van der Waals surface area contributed by atoms with E-state index < -0.39 is 24.1 Å². The average Bonchev–Trinajstić information content (AvgIpc) is 2.78. The molecule has 172 valence electrons. The molecule has 0 aliphatic carbocycles. The number of fused-ring (bicyclic) bond motifs is 1. The number of halogens is 3. The van der Waals surface area contributed by atoms with Crippen molar-refractivity contribution in [2.24, 2.45) is 0 Å². The molecule has 2 aromatic carbocycles. The van der Waals surface area contributed by atoms with Crippen LogP contribution in [-0.4, -0.2) is 41.6 Å². The number of para-hydroxylation sites is 1. The van der Waals surface area contributed by atoms with Gasteiger partial charge in [-0.05, 0) is 55.0 Å². The molecule has 1 aliphatic rings. The van der Waals surface area contributed by atoms with E-state index in [4.69, 9.17) is 4.74 Å². The highest BCUT2D eigenvalue weighted by Gasteiger charge is 2.33. The quantitative estimate of drug-likeness (QED) is 0.587. The van der Waals surface area contributed by atoms with Crippen LogP contribution in [0.25, 0.3) is 0 Å². The first kappa shape index (κ1) is 22.4. The number of nitrogens with zero attached hydrogens (tertiary/aromatic N) is 2. The number of carbonyl (C=O) groups excluding carboxylic acids is 1. The van der Waals surface area contributed by atoms with Crippen molar-refractivity contribution >= 4 is 23.1 Å². The summed E-state index contributed by atoms with van der Waals surface area (Å²) in [6.07, 6.45) is -3.15. The van der Waals surface area contributed by atoms with Crippen LogP contribution in [0.2, 0.25) is 0 Å². The summed E-state index contributed by atoms with van der Waals surface area (Å²) in [6.45, 7) is 1.85. The maximum atomic E-state index is 13.0. The molecule has 10 heteroatoms. The van der Waals surface area contributed by atoms with E-state index in [1.165, 1.54) is 12.1 Å². The first-order valence-electron chi connectivity index (χ1n) is 10.0. The van der Waals surface area contributed by atoms with Crippen molar-refractivity contribution < 1.29 is 32.5 Å². The fourth-order valence-corrected chi connectivity index (χ4v) is 3.59. The molecular formula is C23H20F3N3O4. The summed E-state index contributed by atoms with van der Waals surface area (Å²) >= 11 is 0. The Labute approximate surface area is 187 Å². The van der Waals surface area contributed by atoms with Crippen LogP contribution >= 0.6 is 0 Å². The number of nitrogens with one attached hydrogen (secondary N) is 1. The van der Waals surface area contributed by atoms with Crippen molar-refractivity contribution in [3.05, 3.63) is 71.9 Å². The van der Waals surface area contributed by atoms with E-state index in [2.05, 4.69) is 15.0 Å². The molecular weight excluding hydrogens is 439 g/mol. The summed E-state index contributed by atoms with van der Waals surface area (Å²) in [4.78, 5) is 19.3. The number of anilines is 3. The van der Waals surface area contributed by atoms with Gasteiger partial charge >= 0.3 is 6.36 Å². The molecule has 0 spiro atoms. The number of aryl methyl sites for hydroxylation is 1. The third-order valence-electron chi connectivity index (χ3n) is 5.05. The zero-order chi connectivity index (χ0) is 23.6. The highest BCUT2D eigenvalue weighted by atomic mass is 19.4. The molecule has 2 N–H and O–H groups in total. The first-order chi connectivity index (χ1) is 15.8. The number of carbonyl (C=O) groups is 1. The van der Waals surface area contributed by atoms with Gasteiger partial charge in [-0.1, -0.05) is 12.1 Å². The van der Waals surface area contributed by atoms with Crippen molar-refractivity contribution in [1.82, 2.24) is 4.98 Å². The van der Waals surface area contributed by atoms with Crippen molar-refractivity contribution in [3.63, 3.8) is 0 Å². The molecule has 1 aliphatic heterocycles. The van der Waals surface area contributed by atoms with Crippen molar-refractivity contribution in [3.8, 4) is 11.5 Å². The number of ether oxygens (including phenoxy) is 2. The summed E-state index contributed by atoms with van der Waals surface area (Å²) in [7, 11) is 0. The highest BCUT2D eigenvalue weighted by Crippen LogP contribution is 2.41. The zero-order valence-corrected chi connectivity index (χ0v) is 17.5. The normalized spacial score (nSPS) is 15.4. The fourth-order valence-electron chi connectivity index (χ4n) is 3.59. The van der Waals surface area contributed by atoms with Crippen LogP contribution in [0.15, 0.2) is 60.8 Å². The van der Waals surface area contributed by atoms with E-state index in [1.54, 1.807) is 24.4 Å². The van der Waals surface area contributed by atoms with E-state index in [9.17, 15) is 23.1 Å². The lowest BCUT2D eigenvalue weighted by Gasteiger charge is -2.38. The third kappa shape index (κ3) is 4.85. The number of aliphatic hydroxyl groups is 1. The molecule has 3 aromatic rings. The fraction of sp³-hybridized carbons (Fsp3) is 0.217. The molecule has 4 rings (SSSR count). The van der Waals surface area contributed by atoms with Gasteiger partial charge in [-0.25, -0.2) is 4.98 Å². The molecule has 0 fully saturated rings. The Balaban J connectivity index is 1.62. The molecule has 0 unspecified atom stereocenters. The Morgan fingerprint density at radius 3 is 2.64 bits per heavy atom. The molecule has 1 amide bonds. The lowest BCUT2D eigenvalue weighted by Crippen LogP contribution is -2.43. The Morgan fingerprint density at radius 2 is 1.97 bits per heavy atom. The number of hydrogen-bond acceptors (Lipinski definition) is 6. The van der Waals surface area contributed by atoms with Crippen LogP contribution in [0.4, 0.5) is 30.4 Å². The lowest BCUT2D eigenvalue weighted by atomic mass is 10.1. The number of alkyl halides is 3. The Hall–Kier alpha value is -3.79. The number of rotatable bonds is 5. The molecule has 0 saturated heterocycles. The second-order valence-corrected chi connectivity index (χ2v) is 7.34. The third-order valence-corrected chi connectivity index (χ3v) is 5.05. The van der Waals surface area contributed by atoms with Crippen molar-refractivity contribution in [2.45, 2.75) is 19.3 Å². The van der Waals surface area contributed by atoms with Crippen LogP contribution in [0, 0.1) is 6.92 Å². The summed E-state index contributed by atoms with van der Waals surface area (Å²) < 4.78 is 46.7. The topological polar surface area (TPSA) is 83.9 Å². The number of aromatic nitrogens is 1. The van der Waals surface area contributed by atoms with Crippen molar-refractivity contribution in [1.29, 1.82) is 0 Å². The first-order valence-corrected chi connectivity index (χ1v) is 10.0. The summed E-state index contributed by atoms with van der Waals surface area (Å²) in [5.74, 6) is 0.0644. The van der Waals surface area contributed by atoms with Gasteiger partial charge in [0.25, 0.3) is 5.91 Å². The highest BCUT2D eigenvalue weighted by molar-refractivity contribution is 6.07. The number of hydrogen-bond donors (Lipinski definition) is 2. The van der Waals surface area contributed by atoms with E-state index in [1.807, 2.05) is 24.0 Å². The predicted octanol–water partition coefficient (Wildman–Crippen LogP) is 4.43. The molecule has 1 atom stereocenters. The Bertz CT molecular complexity index is 1150. The van der Waals surface area contributed by atoms with Gasteiger partial charge in [-0.3, -0.25) is 4.79 Å². The van der Waals surface area contributed by atoms with Gasteiger partial charge < -0.3 is 24.8 Å². The van der Waals surface area contributed by atoms with Crippen LogP contribution in [0.5, 0.6) is 11.5 Å². The monoisotopic (exact) mass is 459 g/mol. The summed E-state index contributed by atoms with van der Waals surface area (Å²) in [6, 6.07) is 13.2.